The van der Waals surface area contributed by atoms with Gasteiger partial charge in [-0.25, -0.2) is 0 Å². The Balaban J connectivity index is 1.43. The van der Waals surface area contributed by atoms with Crippen LogP contribution >= 0.6 is 0 Å². The van der Waals surface area contributed by atoms with Crippen LogP contribution in [0.4, 0.5) is 0 Å². The number of carbonyl (C=O) groups is 3. The molecule has 0 unspecified atom stereocenters. The number of rotatable bonds is 10. The van der Waals surface area contributed by atoms with Crippen molar-refractivity contribution in [2.24, 2.45) is 0 Å². The molecule has 9 nitrogen and oxygen atoms in total. The molecule has 2 heterocycles. The summed E-state index contributed by atoms with van der Waals surface area (Å²) in [5.41, 5.74) is 1.78. The van der Waals surface area contributed by atoms with Gasteiger partial charge in [0.15, 0.2) is 5.69 Å². The fraction of sp³-hybridized carbons (Fsp3) is 0.500. The van der Waals surface area contributed by atoms with Crippen molar-refractivity contribution in [3.05, 3.63) is 53.3 Å². The highest BCUT2D eigenvalue weighted by atomic mass is 16.5. The number of nitrogens with zero attached hydrogens (tertiary/aromatic N) is 4. The monoisotopic (exact) mass is 453 g/mol. The van der Waals surface area contributed by atoms with Crippen molar-refractivity contribution < 1.29 is 19.1 Å². The number of nitrogens with one attached hydrogen (secondary N) is 1. The first-order chi connectivity index (χ1) is 16.1. The highest BCUT2D eigenvalue weighted by molar-refractivity contribution is 5.98. The first-order valence-corrected chi connectivity index (χ1v) is 11.5. The van der Waals surface area contributed by atoms with Gasteiger partial charge in [0.2, 0.25) is 5.91 Å². The molecule has 1 aromatic carbocycles. The lowest BCUT2D eigenvalue weighted by Gasteiger charge is -2.21. The molecule has 33 heavy (non-hydrogen) atoms. The van der Waals surface area contributed by atoms with E-state index in [1.54, 1.807) is 22.8 Å². The lowest BCUT2D eigenvalue weighted by molar-refractivity contribution is -0.121. The van der Waals surface area contributed by atoms with Crippen LogP contribution in [0.2, 0.25) is 0 Å². The predicted octanol–water partition coefficient (Wildman–Crippen LogP) is 1.69. The Hall–Kier alpha value is -3.20. The molecule has 0 bridgehead atoms. The van der Waals surface area contributed by atoms with Crippen molar-refractivity contribution >= 4 is 17.7 Å². The third-order valence-corrected chi connectivity index (χ3v) is 5.98. The first-order valence-electron chi connectivity index (χ1n) is 11.5. The van der Waals surface area contributed by atoms with Gasteiger partial charge in [0, 0.05) is 58.4 Å². The molecule has 1 aromatic heterocycles. The average Bonchev–Trinajstić information content (AvgIpc) is 3.59. The summed E-state index contributed by atoms with van der Waals surface area (Å²) in [4.78, 5) is 42.1. The highest BCUT2D eigenvalue weighted by Gasteiger charge is 2.35. The van der Waals surface area contributed by atoms with Gasteiger partial charge in [-0.2, -0.15) is 5.10 Å². The molecule has 2 aromatic rings. The molecule has 0 spiro atoms. The number of aromatic nitrogens is 2. The van der Waals surface area contributed by atoms with Gasteiger partial charge in [-0.05, 0) is 24.8 Å². The number of carbonyl (C=O) groups excluding carboxylic acids is 3. The maximum absolute atomic E-state index is 13.3. The Morgan fingerprint density at radius 2 is 2.00 bits per heavy atom. The second-order valence-corrected chi connectivity index (χ2v) is 8.53. The van der Waals surface area contributed by atoms with E-state index in [9.17, 15) is 14.4 Å². The molecule has 1 saturated carbocycles. The summed E-state index contributed by atoms with van der Waals surface area (Å²) < 4.78 is 6.60. The molecular weight excluding hydrogens is 422 g/mol. The van der Waals surface area contributed by atoms with Gasteiger partial charge >= 0.3 is 0 Å². The normalized spacial score (nSPS) is 15.7. The Morgan fingerprint density at radius 1 is 1.21 bits per heavy atom. The molecule has 1 aliphatic carbocycles. The molecule has 2 aliphatic rings. The van der Waals surface area contributed by atoms with E-state index < -0.39 is 0 Å². The lowest BCUT2D eigenvalue weighted by Crippen LogP contribution is -2.37. The van der Waals surface area contributed by atoms with Gasteiger partial charge in [-0.1, -0.05) is 30.3 Å². The summed E-state index contributed by atoms with van der Waals surface area (Å²) in [7, 11) is 1.58. The maximum atomic E-state index is 13.3. The molecule has 0 saturated heterocycles. The minimum atomic E-state index is -0.217. The minimum Gasteiger partial charge on any atom is -0.383 e. The number of benzene rings is 1. The first kappa shape index (κ1) is 23.0. The molecule has 0 radical (unpaired) electrons. The molecular formula is C24H31N5O4. The third-order valence-electron chi connectivity index (χ3n) is 5.98. The standard InChI is InChI=1S/C24H31N5O4/c1-33-15-11-25-22(30)10-14-28(19-8-9-19)23(31)20-16-21-24(32)27(12-5-13-29(21)26-20)17-18-6-3-2-4-7-18/h2-4,6-7,16,19H,5,8-15,17H2,1H3,(H,25,30). The van der Waals surface area contributed by atoms with E-state index in [1.807, 2.05) is 35.2 Å². The summed E-state index contributed by atoms with van der Waals surface area (Å²) in [5.74, 6) is -0.443. The van der Waals surface area contributed by atoms with Gasteiger partial charge in [0.05, 0.1) is 6.61 Å². The number of hydrogen-bond acceptors (Lipinski definition) is 5. The van der Waals surface area contributed by atoms with Crippen LogP contribution in [0.1, 0.15) is 52.2 Å². The zero-order valence-corrected chi connectivity index (χ0v) is 19.0. The number of hydrogen-bond donors (Lipinski definition) is 1. The van der Waals surface area contributed by atoms with Crippen LogP contribution in [0, 0.1) is 0 Å². The van der Waals surface area contributed by atoms with Crippen LogP contribution in [0.25, 0.3) is 0 Å². The highest BCUT2D eigenvalue weighted by Crippen LogP contribution is 2.28. The molecule has 1 aliphatic heterocycles. The van der Waals surface area contributed by atoms with Crippen LogP contribution in [-0.4, -0.2) is 76.7 Å². The fourth-order valence-electron chi connectivity index (χ4n) is 4.08. The summed E-state index contributed by atoms with van der Waals surface area (Å²) in [6.45, 7) is 2.99. The van der Waals surface area contributed by atoms with Gasteiger partial charge in [-0.3, -0.25) is 19.1 Å². The van der Waals surface area contributed by atoms with E-state index in [2.05, 4.69) is 10.4 Å². The molecule has 4 rings (SSSR count). The Labute approximate surface area is 193 Å². The van der Waals surface area contributed by atoms with Crippen molar-refractivity contribution in [3.8, 4) is 0 Å². The predicted molar refractivity (Wildman–Crippen MR) is 122 cm³/mol. The summed E-state index contributed by atoms with van der Waals surface area (Å²) in [6, 6.07) is 11.6. The third kappa shape index (κ3) is 5.78. The molecule has 3 amide bonds. The quantitative estimate of drug-likeness (QED) is 0.552. The zero-order valence-electron chi connectivity index (χ0n) is 19.0. The van der Waals surface area contributed by atoms with E-state index in [4.69, 9.17) is 4.74 Å². The van der Waals surface area contributed by atoms with Crippen LogP contribution < -0.4 is 5.32 Å². The minimum absolute atomic E-state index is 0.113. The van der Waals surface area contributed by atoms with Crippen molar-refractivity contribution in [1.29, 1.82) is 0 Å². The number of fused-ring (bicyclic) bond motifs is 1. The molecule has 1 N–H and O–H groups in total. The van der Waals surface area contributed by atoms with Crippen LogP contribution in [-0.2, 0) is 22.6 Å². The Bertz CT molecular complexity index is 986. The van der Waals surface area contributed by atoms with Crippen LogP contribution in [0.15, 0.2) is 36.4 Å². The fourth-order valence-corrected chi connectivity index (χ4v) is 4.08. The number of amides is 3. The number of ether oxygens (including phenoxy) is 1. The largest absolute Gasteiger partial charge is 0.383 e. The summed E-state index contributed by atoms with van der Waals surface area (Å²) in [5, 5.41) is 7.26. The van der Waals surface area contributed by atoms with Crippen LogP contribution in [0.3, 0.4) is 0 Å². The zero-order chi connectivity index (χ0) is 23.2. The van der Waals surface area contributed by atoms with E-state index >= 15 is 0 Å². The molecule has 9 heteroatoms. The van der Waals surface area contributed by atoms with Gasteiger partial charge in [-0.15, -0.1) is 0 Å². The summed E-state index contributed by atoms with van der Waals surface area (Å²) in [6.07, 6.45) is 2.85. The molecule has 0 atom stereocenters. The molecule has 176 valence electrons. The van der Waals surface area contributed by atoms with Crippen molar-refractivity contribution in [3.63, 3.8) is 0 Å². The number of aryl methyl sites for hydroxylation is 1. The average molecular weight is 454 g/mol. The van der Waals surface area contributed by atoms with E-state index in [0.717, 1.165) is 24.8 Å². The van der Waals surface area contributed by atoms with E-state index in [1.165, 1.54) is 0 Å². The summed E-state index contributed by atoms with van der Waals surface area (Å²) >= 11 is 0. The Kier molecular flexibility index (Phi) is 7.39. The van der Waals surface area contributed by atoms with Gasteiger partial charge in [0.1, 0.15) is 5.69 Å². The van der Waals surface area contributed by atoms with Gasteiger partial charge < -0.3 is 19.9 Å². The second-order valence-electron chi connectivity index (χ2n) is 8.53. The van der Waals surface area contributed by atoms with Crippen LogP contribution in [0.5, 0.6) is 0 Å². The SMILES string of the molecule is COCCNC(=O)CCN(C(=O)c1cc2n(n1)CCCN(Cc1ccccc1)C2=O)C1CC1. The van der Waals surface area contributed by atoms with Crippen molar-refractivity contribution in [1.82, 2.24) is 24.9 Å². The van der Waals surface area contributed by atoms with Gasteiger partial charge in [0.25, 0.3) is 11.8 Å². The lowest BCUT2D eigenvalue weighted by atomic mass is 10.2. The van der Waals surface area contributed by atoms with E-state index in [0.29, 0.717) is 45.0 Å². The van der Waals surface area contributed by atoms with E-state index in [-0.39, 0.29) is 35.9 Å². The number of methoxy groups -OCH3 is 1. The second kappa shape index (κ2) is 10.6. The topological polar surface area (TPSA) is 96.8 Å². The van der Waals surface area contributed by atoms with Crippen molar-refractivity contribution in [2.75, 3.05) is 33.4 Å². The smallest absolute Gasteiger partial charge is 0.274 e. The molecule has 1 fully saturated rings. The maximum Gasteiger partial charge on any atom is 0.274 e. The van der Waals surface area contributed by atoms with Crippen molar-refractivity contribution in [2.45, 2.75) is 44.8 Å². The Morgan fingerprint density at radius 3 is 2.73 bits per heavy atom.